The van der Waals surface area contributed by atoms with Crippen molar-refractivity contribution in [3.05, 3.63) is 35.9 Å². The maximum Gasteiger partial charge on any atom is 0.408 e. The van der Waals surface area contributed by atoms with Gasteiger partial charge in [-0.25, -0.2) is 9.59 Å². The molecule has 5 heteroatoms. The van der Waals surface area contributed by atoms with E-state index in [4.69, 9.17) is 4.74 Å². The minimum Gasteiger partial charge on any atom is -0.458 e. The number of amides is 1. The first-order valence-corrected chi connectivity index (χ1v) is 4.91. The first-order chi connectivity index (χ1) is 7.75. The minimum absolute atomic E-state index is 0.173. The number of benzene rings is 1. The molecule has 1 saturated heterocycles. The van der Waals surface area contributed by atoms with Crippen LogP contribution in [0.3, 0.4) is 0 Å². The Balaban J connectivity index is 1.82. The molecule has 0 saturated carbocycles. The monoisotopic (exact) mass is 221 g/mol. The molecule has 1 N–H and O–H groups in total. The molecule has 84 valence electrons. The van der Waals surface area contributed by atoms with Gasteiger partial charge in [-0.1, -0.05) is 30.3 Å². The largest absolute Gasteiger partial charge is 0.458 e. The van der Waals surface area contributed by atoms with E-state index in [-0.39, 0.29) is 13.2 Å². The smallest absolute Gasteiger partial charge is 0.408 e. The summed E-state index contributed by atoms with van der Waals surface area (Å²) in [5, 5.41) is 2.39. The number of carbonyl (C=O) groups is 2. The fourth-order valence-electron chi connectivity index (χ4n) is 1.34. The van der Waals surface area contributed by atoms with Gasteiger partial charge in [0.15, 0.2) is 0 Å². The molecule has 0 aliphatic carbocycles. The Kier molecular flexibility index (Phi) is 3.05. The second-order valence-corrected chi connectivity index (χ2v) is 3.37. The quantitative estimate of drug-likeness (QED) is 0.768. The molecular weight excluding hydrogens is 210 g/mol. The lowest BCUT2D eigenvalue weighted by atomic mass is 10.2. The first-order valence-electron chi connectivity index (χ1n) is 4.91. The Morgan fingerprint density at radius 3 is 2.81 bits per heavy atom. The van der Waals surface area contributed by atoms with Gasteiger partial charge in [0, 0.05) is 0 Å². The minimum atomic E-state index is -0.823. The molecule has 2 rings (SSSR count). The number of cyclic esters (lactones) is 1. The number of esters is 1. The van der Waals surface area contributed by atoms with Gasteiger partial charge < -0.3 is 14.8 Å². The normalized spacial score (nSPS) is 18.8. The molecule has 1 aliphatic heterocycles. The summed E-state index contributed by atoms with van der Waals surface area (Å²) >= 11 is 0. The summed E-state index contributed by atoms with van der Waals surface area (Å²) in [4.78, 5) is 22.1. The number of carbonyl (C=O) groups excluding carboxylic acids is 2. The fourth-order valence-corrected chi connectivity index (χ4v) is 1.34. The van der Waals surface area contributed by atoms with E-state index in [2.05, 4.69) is 10.1 Å². The molecule has 1 aliphatic rings. The van der Waals surface area contributed by atoms with Crippen LogP contribution in [0.5, 0.6) is 0 Å². The van der Waals surface area contributed by atoms with E-state index in [0.717, 1.165) is 5.56 Å². The van der Waals surface area contributed by atoms with Gasteiger partial charge in [-0.05, 0) is 5.56 Å². The van der Waals surface area contributed by atoms with Crippen molar-refractivity contribution in [2.45, 2.75) is 12.7 Å². The van der Waals surface area contributed by atoms with Gasteiger partial charge in [0.25, 0.3) is 0 Å². The van der Waals surface area contributed by atoms with Crippen LogP contribution in [0.1, 0.15) is 5.56 Å². The van der Waals surface area contributed by atoms with E-state index in [1.807, 2.05) is 30.3 Å². The van der Waals surface area contributed by atoms with Gasteiger partial charge in [-0.2, -0.15) is 0 Å². The standard InChI is InChI=1S/C11H11NO4/c13-10(9-6-12-11(14)16-9)15-7-8-4-2-1-3-5-8/h1-5,9H,6-7H2,(H,12,14)/t9-/m0/s1. The molecule has 16 heavy (non-hydrogen) atoms. The molecule has 1 atom stereocenters. The van der Waals surface area contributed by atoms with Crippen molar-refractivity contribution in [2.75, 3.05) is 6.54 Å². The molecule has 1 aromatic carbocycles. The van der Waals surface area contributed by atoms with E-state index in [1.54, 1.807) is 0 Å². The maximum atomic E-state index is 11.4. The van der Waals surface area contributed by atoms with Crippen LogP contribution in [0.25, 0.3) is 0 Å². The third-order valence-corrected chi connectivity index (χ3v) is 2.17. The van der Waals surface area contributed by atoms with Crippen molar-refractivity contribution in [1.29, 1.82) is 0 Å². The topological polar surface area (TPSA) is 64.6 Å². The predicted molar refractivity (Wildman–Crippen MR) is 54.5 cm³/mol. The fraction of sp³-hybridized carbons (Fsp3) is 0.273. The average molecular weight is 221 g/mol. The van der Waals surface area contributed by atoms with Crippen molar-refractivity contribution in [2.24, 2.45) is 0 Å². The molecule has 0 bridgehead atoms. The third-order valence-electron chi connectivity index (χ3n) is 2.17. The van der Waals surface area contributed by atoms with Crippen molar-refractivity contribution >= 4 is 12.1 Å². The first kappa shape index (κ1) is 10.5. The summed E-state index contributed by atoms with van der Waals surface area (Å²) < 4.78 is 9.69. The van der Waals surface area contributed by atoms with Crippen LogP contribution < -0.4 is 5.32 Å². The lowest BCUT2D eigenvalue weighted by molar-refractivity contribution is -0.152. The van der Waals surface area contributed by atoms with Crippen LogP contribution in [-0.2, 0) is 20.9 Å². The SMILES string of the molecule is O=C1NC[C@@H](C(=O)OCc2ccccc2)O1. The Morgan fingerprint density at radius 1 is 1.44 bits per heavy atom. The highest BCUT2D eigenvalue weighted by Gasteiger charge is 2.30. The molecule has 1 aromatic rings. The van der Waals surface area contributed by atoms with Crippen molar-refractivity contribution in [1.82, 2.24) is 5.32 Å². The van der Waals surface area contributed by atoms with Gasteiger partial charge in [0.05, 0.1) is 6.54 Å². The Labute approximate surface area is 92.4 Å². The summed E-state index contributed by atoms with van der Waals surface area (Å²) in [6.45, 7) is 0.361. The lowest BCUT2D eigenvalue weighted by Gasteiger charge is -2.08. The van der Waals surface area contributed by atoms with E-state index in [9.17, 15) is 9.59 Å². The Hall–Kier alpha value is -2.04. The lowest BCUT2D eigenvalue weighted by Crippen LogP contribution is -2.26. The average Bonchev–Trinajstić information content (AvgIpc) is 2.74. The highest BCUT2D eigenvalue weighted by molar-refractivity contribution is 5.82. The summed E-state index contributed by atoms with van der Waals surface area (Å²) in [6.07, 6.45) is -1.40. The van der Waals surface area contributed by atoms with Gasteiger partial charge in [-0.15, -0.1) is 0 Å². The zero-order valence-electron chi connectivity index (χ0n) is 8.51. The summed E-state index contributed by atoms with van der Waals surface area (Å²) in [5.41, 5.74) is 0.896. The summed E-state index contributed by atoms with van der Waals surface area (Å²) in [7, 11) is 0. The number of rotatable bonds is 3. The number of hydrogen-bond donors (Lipinski definition) is 1. The van der Waals surface area contributed by atoms with Crippen LogP contribution in [0.2, 0.25) is 0 Å². The molecule has 1 fully saturated rings. The summed E-state index contributed by atoms with van der Waals surface area (Å²) in [5.74, 6) is -0.526. The molecule has 1 heterocycles. The van der Waals surface area contributed by atoms with Crippen molar-refractivity contribution in [3.63, 3.8) is 0 Å². The van der Waals surface area contributed by atoms with Crippen LogP contribution in [-0.4, -0.2) is 24.7 Å². The second kappa shape index (κ2) is 4.65. The predicted octanol–water partition coefficient (Wildman–Crippen LogP) is 0.838. The van der Waals surface area contributed by atoms with Crippen LogP contribution >= 0.6 is 0 Å². The summed E-state index contributed by atoms with van der Waals surface area (Å²) in [6, 6.07) is 9.31. The van der Waals surface area contributed by atoms with Crippen LogP contribution in [0.4, 0.5) is 4.79 Å². The zero-order valence-corrected chi connectivity index (χ0v) is 8.51. The molecule has 0 radical (unpaired) electrons. The molecule has 5 nitrogen and oxygen atoms in total. The van der Waals surface area contributed by atoms with Crippen LogP contribution in [0.15, 0.2) is 30.3 Å². The Morgan fingerprint density at radius 2 is 2.19 bits per heavy atom. The highest BCUT2D eigenvalue weighted by atomic mass is 16.6. The van der Waals surface area contributed by atoms with Gasteiger partial charge in [0.2, 0.25) is 6.10 Å². The third kappa shape index (κ3) is 2.50. The molecule has 0 spiro atoms. The van der Waals surface area contributed by atoms with Crippen LogP contribution in [0, 0.1) is 0 Å². The van der Waals surface area contributed by atoms with Crippen molar-refractivity contribution < 1.29 is 19.1 Å². The van der Waals surface area contributed by atoms with Gasteiger partial charge in [-0.3, -0.25) is 0 Å². The maximum absolute atomic E-state index is 11.4. The van der Waals surface area contributed by atoms with Gasteiger partial charge in [0.1, 0.15) is 6.61 Å². The van der Waals surface area contributed by atoms with E-state index < -0.39 is 18.2 Å². The van der Waals surface area contributed by atoms with E-state index in [0.29, 0.717) is 0 Å². The number of nitrogens with one attached hydrogen (secondary N) is 1. The van der Waals surface area contributed by atoms with E-state index >= 15 is 0 Å². The van der Waals surface area contributed by atoms with Gasteiger partial charge >= 0.3 is 12.1 Å². The molecule has 0 aromatic heterocycles. The Bertz CT molecular complexity index is 390. The second-order valence-electron chi connectivity index (χ2n) is 3.37. The number of hydrogen-bond acceptors (Lipinski definition) is 4. The molecular formula is C11H11NO4. The number of alkyl carbamates (subject to hydrolysis) is 1. The van der Waals surface area contributed by atoms with E-state index in [1.165, 1.54) is 0 Å². The molecule has 1 amide bonds. The van der Waals surface area contributed by atoms with Crippen molar-refractivity contribution in [3.8, 4) is 0 Å². The number of ether oxygens (including phenoxy) is 2. The highest BCUT2D eigenvalue weighted by Crippen LogP contribution is 2.06. The zero-order chi connectivity index (χ0) is 11.4. The molecule has 0 unspecified atom stereocenters.